The Labute approximate surface area is 173 Å². The summed E-state index contributed by atoms with van der Waals surface area (Å²) in [5.74, 6) is 0.00724. The van der Waals surface area contributed by atoms with Crippen LogP contribution >= 0.6 is 23.4 Å². The second kappa shape index (κ2) is 7.89. The Morgan fingerprint density at radius 1 is 1.07 bits per heavy atom. The molecule has 0 aromatic heterocycles. The van der Waals surface area contributed by atoms with Crippen molar-refractivity contribution in [3.63, 3.8) is 0 Å². The highest BCUT2D eigenvalue weighted by Gasteiger charge is 2.48. The van der Waals surface area contributed by atoms with Gasteiger partial charge in [-0.1, -0.05) is 65.8 Å². The number of hydrogen-bond donors (Lipinski definition) is 0. The Bertz CT molecular complexity index is 1010. The Hall–Kier alpha value is -1.83. The molecule has 2 saturated heterocycles. The molecule has 2 aliphatic heterocycles. The van der Waals surface area contributed by atoms with Crippen molar-refractivity contribution in [2.45, 2.75) is 24.3 Å². The van der Waals surface area contributed by atoms with Crippen LogP contribution in [0.2, 0.25) is 5.02 Å². The molecule has 2 aliphatic rings. The van der Waals surface area contributed by atoms with Crippen molar-refractivity contribution < 1.29 is 13.2 Å². The fourth-order valence-corrected chi connectivity index (χ4v) is 7.62. The monoisotopic (exact) mass is 434 g/mol. The Balaban J connectivity index is 1.57. The van der Waals surface area contributed by atoms with Crippen LogP contribution in [0.3, 0.4) is 0 Å². The molecule has 4 rings (SSSR count). The number of sulfone groups is 1. The molecule has 146 valence electrons. The van der Waals surface area contributed by atoms with Crippen molar-refractivity contribution in [3.8, 4) is 0 Å². The molecule has 2 aromatic carbocycles. The third kappa shape index (κ3) is 4.42. The van der Waals surface area contributed by atoms with Crippen LogP contribution in [0, 0.1) is 0 Å². The van der Waals surface area contributed by atoms with Crippen LogP contribution in [0.15, 0.2) is 59.6 Å². The molecule has 0 saturated carbocycles. The predicted octanol–water partition coefficient (Wildman–Crippen LogP) is 3.18. The molecule has 0 N–H and O–H groups in total. The Morgan fingerprint density at radius 3 is 2.50 bits per heavy atom. The fraction of sp³-hybridized carbons (Fsp3) is 0.300. The summed E-state index contributed by atoms with van der Waals surface area (Å²) in [4.78, 5) is 18.8. The predicted molar refractivity (Wildman–Crippen MR) is 113 cm³/mol. The molecule has 28 heavy (non-hydrogen) atoms. The number of amidine groups is 1. The van der Waals surface area contributed by atoms with E-state index in [2.05, 4.69) is 4.99 Å². The van der Waals surface area contributed by atoms with Gasteiger partial charge in [0.1, 0.15) is 0 Å². The summed E-state index contributed by atoms with van der Waals surface area (Å²) < 4.78 is 24.2. The average Bonchev–Trinajstić information content (AvgIpc) is 3.10. The van der Waals surface area contributed by atoms with Gasteiger partial charge < -0.3 is 4.90 Å². The second-order valence-corrected chi connectivity index (χ2v) is 10.8. The average molecular weight is 435 g/mol. The van der Waals surface area contributed by atoms with Crippen molar-refractivity contribution in [2.24, 2.45) is 4.99 Å². The van der Waals surface area contributed by atoms with Crippen LogP contribution in [-0.2, 0) is 27.6 Å². The van der Waals surface area contributed by atoms with E-state index in [-0.39, 0.29) is 35.1 Å². The summed E-state index contributed by atoms with van der Waals surface area (Å²) in [6, 6.07) is 16.8. The summed E-state index contributed by atoms with van der Waals surface area (Å²) in [5, 5.41) is 1.18. The molecular weight excluding hydrogens is 416 g/mol. The lowest BCUT2D eigenvalue weighted by atomic mass is 10.1. The van der Waals surface area contributed by atoms with Gasteiger partial charge in [0.15, 0.2) is 15.0 Å². The molecule has 0 spiro atoms. The summed E-state index contributed by atoms with van der Waals surface area (Å²) in [6.07, 6.45) is 0.229. The topological polar surface area (TPSA) is 66.8 Å². The molecular formula is C20H19ClN2O3S2. The van der Waals surface area contributed by atoms with Crippen LogP contribution in [0.5, 0.6) is 0 Å². The SMILES string of the molecule is O=C(Cc1ccccc1)N=C1S[C@H]2CS(=O)(=O)C[C@H]2N1Cc1ccc(Cl)cc1. The maximum Gasteiger partial charge on any atom is 0.252 e. The number of carbonyl (C=O) groups is 1. The number of fused-ring (bicyclic) bond motifs is 1. The molecule has 8 heteroatoms. The molecule has 1 amide bonds. The lowest BCUT2D eigenvalue weighted by Crippen LogP contribution is -2.37. The van der Waals surface area contributed by atoms with Gasteiger partial charge in [0.2, 0.25) is 0 Å². The number of halogens is 1. The largest absolute Gasteiger partial charge is 0.342 e. The second-order valence-electron chi connectivity index (χ2n) is 7.01. The highest BCUT2D eigenvalue weighted by atomic mass is 35.5. The third-order valence-corrected chi connectivity index (χ3v) is 8.36. The first-order chi connectivity index (χ1) is 13.4. The molecule has 2 fully saturated rings. The smallest absolute Gasteiger partial charge is 0.252 e. The van der Waals surface area contributed by atoms with Crippen LogP contribution in [0.25, 0.3) is 0 Å². The molecule has 2 aromatic rings. The van der Waals surface area contributed by atoms with Crippen LogP contribution in [0.4, 0.5) is 0 Å². The Morgan fingerprint density at radius 2 is 1.79 bits per heavy atom. The zero-order chi connectivity index (χ0) is 19.7. The van der Waals surface area contributed by atoms with Crippen molar-refractivity contribution in [2.75, 3.05) is 11.5 Å². The number of aliphatic imine (C=N–C) groups is 1. The number of hydrogen-bond acceptors (Lipinski definition) is 4. The number of rotatable bonds is 4. The van der Waals surface area contributed by atoms with Crippen molar-refractivity contribution in [1.82, 2.24) is 4.90 Å². The van der Waals surface area contributed by atoms with E-state index in [1.165, 1.54) is 11.8 Å². The summed E-state index contributed by atoms with van der Waals surface area (Å²) >= 11 is 7.37. The number of benzene rings is 2. The minimum Gasteiger partial charge on any atom is -0.342 e. The quantitative estimate of drug-likeness (QED) is 0.739. The first-order valence-electron chi connectivity index (χ1n) is 8.93. The highest BCUT2D eigenvalue weighted by Crippen LogP contribution is 2.39. The van der Waals surface area contributed by atoms with Gasteiger partial charge in [0.25, 0.3) is 5.91 Å². The number of amides is 1. The summed E-state index contributed by atoms with van der Waals surface area (Å²) in [5.41, 5.74) is 1.91. The van der Waals surface area contributed by atoms with Gasteiger partial charge in [-0.15, -0.1) is 0 Å². The molecule has 5 nitrogen and oxygen atoms in total. The maximum absolute atomic E-state index is 12.5. The van der Waals surface area contributed by atoms with Crippen LogP contribution in [-0.4, -0.2) is 47.2 Å². The normalized spacial score (nSPS) is 24.5. The molecule has 0 aliphatic carbocycles. The van der Waals surface area contributed by atoms with Gasteiger partial charge in [-0.05, 0) is 23.3 Å². The van der Waals surface area contributed by atoms with Crippen molar-refractivity contribution >= 4 is 44.3 Å². The standard InChI is InChI=1S/C20H19ClN2O3S2/c21-16-8-6-15(7-9-16)11-23-17-12-28(25,26)13-18(17)27-20(23)22-19(24)10-14-4-2-1-3-5-14/h1-9,17-18H,10-13H2/t17-,18+/m1/s1. The highest BCUT2D eigenvalue weighted by molar-refractivity contribution is 8.15. The van der Waals surface area contributed by atoms with Gasteiger partial charge in [-0.2, -0.15) is 4.99 Å². The van der Waals surface area contributed by atoms with E-state index >= 15 is 0 Å². The van der Waals surface area contributed by atoms with E-state index in [4.69, 9.17) is 11.6 Å². The van der Waals surface area contributed by atoms with Crippen LogP contribution in [0.1, 0.15) is 11.1 Å². The number of nitrogens with zero attached hydrogens (tertiary/aromatic N) is 2. The van der Waals surface area contributed by atoms with Gasteiger partial charge >= 0.3 is 0 Å². The minimum absolute atomic E-state index is 0.0828. The van der Waals surface area contributed by atoms with Gasteiger partial charge in [0.05, 0.1) is 24.0 Å². The number of thioether (sulfide) groups is 1. The lowest BCUT2D eigenvalue weighted by Gasteiger charge is -2.24. The minimum atomic E-state index is -3.06. The first-order valence-corrected chi connectivity index (χ1v) is 12.0. The lowest BCUT2D eigenvalue weighted by molar-refractivity contribution is -0.117. The summed E-state index contributed by atoms with van der Waals surface area (Å²) in [7, 11) is -3.06. The molecule has 0 unspecified atom stereocenters. The molecule has 0 radical (unpaired) electrons. The molecule has 2 heterocycles. The summed E-state index contributed by atoms with van der Waals surface area (Å²) in [6.45, 7) is 0.498. The maximum atomic E-state index is 12.5. The van der Waals surface area contributed by atoms with E-state index in [1.54, 1.807) is 12.1 Å². The van der Waals surface area contributed by atoms with Gasteiger partial charge in [-0.3, -0.25) is 4.79 Å². The number of carbonyl (C=O) groups excluding carboxylic acids is 1. The van der Waals surface area contributed by atoms with E-state index in [0.717, 1.165) is 11.1 Å². The molecule has 0 bridgehead atoms. The fourth-order valence-electron chi connectivity index (χ4n) is 3.52. The first kappa shape index (κ1) is 19.5. The van der Waals surface area contributed by atoms with Crippen molar-refractivity contribution in [3.05, 3.63) is 70.7 Å². The van der Waals surface area contributed by atoms with E-state index in [9.17, 15) is 13.2 Å². The van der Waals surface area contributed by atoms with E-state index in [0.29, 0.717) is 16.7 Å². The Kier molecular flexibility index (Phi) is 5.49. The van der Waals surface area contributed by atoms with E-state index < -0.39 is 9.84 Å². The zero-order valence-corrected chi connectivity index (χ0v) is 17.4. The zero-order valence-electron chi connectivity index (χ0n) is 15.0. The van der Waals surface area contributed by atoms with Crippen molar-refractivity contribution in [1.29, 1.82) is 0 Å². The third-order valence-electron chi connectivity index (χ3n) is 4.86. The van der Waals surface area contributed by atoms with Crippen LogP contribution < -0.4 is 0 Å². The molecule has 2 atom stereocenters. The van der Waals surface area contributed by atoms with Gasteiger partial charge in [0, 0.05) is 16.8 Å². The van der Waals surface area contributed by atoms with E-state index in [1.807, 2.05) is 47.4 Å². The van der Waals surface area contributed by atoms with Gasteiger partial charge in [-0.25, -0.2) is 8.42 Å².